The predicted octanol–water partition coefficient (Wildman–Crippen LogP) is 2.66. The highest BCUT2D eigenvalue weighted by atomic mass is 15.3. The SMILES string of the molecule is CCCNC1c2ccccc2CCC1Cc1ncnn1C. The van der Waals surface area contributed by atoms with Gasteiger partial charge in [-0.25, -0.2) is 4.98 Å². The second-order valence-corrected chi connectivity index (χ2v) is 5.93. The number of nitrogens with one attached hydrogen (secondary N) is 1. The quantitative estimate of drug-likeness (QED) is 0.918. The molecular formula is C17H24N4. The number of benzene rings is 1. The molecule has 1 aromatic carbocycles. The van der Waals surface area contributed by atoms with Crippen LogP contribution in [0.3, 0.4) is 0 Å². The van der Waals surface area contributed by atoms with Crippen molar-refractivity contribution >= 4 is 0 Å². The molecule has 0 saturated carbocycles. The summed E-state index contributed by atoms with van der Waals surface area (Å²) < 4.78 is 1.90. The largest absolute Gasteiger partial charge is 0.310 e. The molecule has 0 aliphatic heterocycles. The molecule has 2 unspecified atom stereocenters. The summed E-state index contributed by atoms with van der Waals surface area (Å²) in [6.07, 6.45) is 6.19. The fourth-order valence-corrected chi connectivity index (χ4v) is 3.36. The number of hydrogen-bond acceptors (Lipinski definition) is 3. The van der Waals surface area contributed by atoms with Gasteiger partial charge in [0.25, 0.3) is 0 Å². The van der Waals surface area contributed by atoms with Crippen molar-refractivity contribution in [2.24, 2.45) is 13.0 Å². The maximum Gasteiger partial charge on any atom is 0.138 e. The normalized spacial score (nSPS) is 21.2. The lowest BCUT2D eigenvalue weighted by Crippen LogP contribution is -2.34. The first-order chi connectivity index (χ1) is 10.3. The van der Waals surface area contributed by atoms with Crippen molar-refractivity contribution < 1.29 is 0 Å². The van der Waals surface area contributed by atoms with E-state index in [0.29, 0.717) is 12.0 Å². The monoisotopic (exact) mass is 284 g/mol. The first-order valence-corrected chi connectivity index (χ1v) is 7.93. The Morgan fingerprint density at radius 1 is 1.33 bits per heavy atom. The van der Waals surface area contributed by atoms with Gasteiger partial charge in [-0.3, -0.25) is 4.68 Å². The van der Waals surface area contributed by atoms with Gasteiger partial charge in [0.2, 0.25) is 0 Å². The summed E-state index contributed by atoms with van der Waals surface area (Å²) in [5.74, 6) is 1.68. The van der Waals surface area contributed by atoms with Crippen LogP contribution in [0.5, 0.6) is 0 Å². The van der Waals surface area contributed by atoms with E-state index >= 15 is 0 Å². The van der Waals surface area contributed by atoms with E-state index in [2.05, 4.69) is 46.6 Å². The summed E-state index contributed by atoms with van der Waals surface area (Å²) in [4.78, 5) is 4.40. The minimum absolute atomic E-state index is 0.437. The standard InChI is InChI=1S/C17H24N4/c1-3-10-18-17-14(11-16-19-12-20-21(16)2)9-8-13-6-4-5-7-15(13)17/h4-7,12,14,17-18H,3,8-11H2,1-2H3. The second-order valence-electron chi connectivity index (χ2n) is 5.93. The van der Waals surface area contributed by atoms with Gasteiger partial charge < -0.3 is 5.32 Å². The highest BCUT2D eigenvalue weighted by Crippen LogP contribution is 2.36. The molecule has 4 heteroatoms. The van der Waals surface area contributed by atoms with Crippen LogP contribution in [0.15, 0.2) is 30.6 Å². The molecule has 3 rings (SSSR count). The lowest BCUT2D eigenvalue weighted by molar-refractivity contribution is 0.311. The van der Waals surface area contributed by atoms with Gasteiger partial charge in [-0.2, -0.15) is 5.10 Å². The van der Waals surface area contributed by atoms with Crippen LogP contribution in [0.25, 0.3) is 0 Å². The molecule has 1 N–H and O–H groups in total. The van der Waals surface area contributed by atoms with Gasteiger partial charge >= 0.3 is 0 Å². The van der Waals surface area contributed by atoms with Crippen LogP contribution in [-0.2, 0) is 19.9 Å². The smallest absolute Gasteiger partial charge is 0.138 e. The Morgan fingerprint density at radius 2 is 2.19 bits per heavy atom. The maximum absolute atomic E-state index is 4.40. The molecule has 21 heavy (non-hydrogen) atoms. The molecule has 0 fully saturated rings. The number of rotatable bonds is 5. The number of fused-ring (bicyclic) bond motifs is 1. The Labute approximate surface area is 126 Å². The number of hydrogen-bond donors (Lipinski definition) is 1. The third-order valence-corrected chi connectivity index (χ3v) is 4.51. The van der Waals surface area contributed by atoms with Crippen LogP contribution < -0.4 is 5.32 Å². The average Bonchev–Trinajstić information content (AvgIpc) is 2.91. The molecule has 0 radical (unpaired) electrons. The van der Waals surface area contributed by atoms with Crippen LogP contribution in [0.2, 0.25) is 0 Å². The van der Waals surface area contributed by atoms with Gasteiger partial charge in [-0.1, -0.05) is 31.2 Å². The lowest BCUT2D eigenvalue weighted by Gasteiger charge is -2.34. The fourth-order valence-electron chi connectivity index (χ4n) is 3.36. The molecule has 112 valence electrons. The van der Waals surface area contributed by atoms with Crippen LogP contribution in [0.4, 0.5) is 0 Å². The van der Waals surface area contributed by atoms with E-state index in [9.17, 15) is 0 Å². The molecule has 0 spiro atoms. The molecule has 1 aliphatic carbocycles. The predicted molar refractivity (Wildman–Crippen MR) is 84.0 cm³/mol. The first kappa shape index (κ1) is 14.3. The van der Waals surface area contributed by atoms with Gasteiger partial charge in [-0.15, -0.1) is 0 Å². The van der Waals surface area contributed by atoms with Crippen molar-refractivity contribution in [1.29, 1.82) is 0 Å². The van der Waals surface area contributed by atoms with Crippen molar-refractivity contribution in [1.82, 2.24) is 20.1 Å². The number of aromatic nitrogens is 3. The summed E-state index contributed by atoms with van der Waals surface area (Å²) in [5, 5.41) is 7.95. The fraction of sp³-hybridized carbons (Fsp3) is 0.529. The Kier molecular flexibility index (Phi) is 4.34. The van der Waals surface area contributed by atoms with E-state index in [-0.39, 0.29) is 0 Å². The zero-order chi connectivity index (χ0) is 14.7. The zero-order valence-corrected chi connectivity index (χ0v) is 12.9. The summed E-state index contributed by atoms with van der Waals surface area (Å²) in [5.41, 5.74) is 2.98. The molecule has 0 amide bonds. The first-order valence-electron chi connectivity index (χ1n) is 7.93. The van der Waals surface area contributed by atoms with Gasteiger partial charge in [-0.05, 0) is 42.9 Å². The summed E-state index contributed by atoms with van der Waals surface area (Å²) >= 11 is 0. The Bertz CT molecular complexity index is 590. The van der Waals surface area contributed by atoms with Gasteiger partial charge in [0.05, 0.1) is 0 Å². The lowest BCUT2D eigenvalue weighted by atomic mass is 9.78. The Morgan fingerprint density at radius 3 is 2.95 bits per heavy atom. The van der Waals surface area contributed by atoms with Crippen molar-refractivity contribution in [3.63, 3.8) is 0 Å². The minimum Gasteiger partial charge on any atom is -0.310 e. The third-order valence-electron chi connectivity index (χ3n) is 4.51. The van der Waals surface area contributed by atoms with Gasteiger partial charge in [0.1, 0.15) is 12.2 Å². The topological polar surface area (TPSA) is 42.7 Å². The molecular weight excluding hydrogens is 260 g/mol. The Balaban J connectivity index is 1.84. The van der Waals surface area contributed by atoms with Crippen LogP contribution >= 0.6 is 0 Å². The van der Waals surface area contributed by atoms with E-state index in [1.54, 1.807) is 6.33 Å². The van der Waals surface area contributed by atoms with Crippen molar-refractivity contribution in [2.75, 3.05) is 6.54 Å². The number of nitrogens with zero attached hydrogens (tertiary/aromatic N) is 3. The molecule has 2 aromatic rings. The third kappa shape index (κ3) is 3.00. The Hall–Kier alpha value is -1.68. The van der Waals surface area contributed by atoms with E-state index in [0.717, 1.165) is 25.2 Å². The summed E-state index contributed by atoms with van der Waals surface area (Å²) in [6.45, 7) is 3.29. The zero-order valence-electron chi connectivity index (χ0n) is 12.9. The molecule has 0 bridgehead atoms. The molecule has 1 heterocycles. The van der Waals surface area contributed by atoms with E-state index in [4.69, 9.17) is 0 Å². The van der Waals surface area contributed by atoms with E-state index < -0.39 is 0 Å². The summed E-state index contributed by atoms with van der Waals surface area (Å²) in [7, 11) is 1.98. The average molecular weight is 284 g/mol. The molecule has 4 nitrogen and oxygen atoms in total. The van der Waals surface area contributed by atoms with E-state index in [1.807, 2.05) is 11.7 Å². The second kappa shape index (κ2) is 6.39. The maximum atomic E-state index is 4.40. The highest BCUT2D eigenvalue weighted by Gasteiger charge is 2.29. The molecule has 2 atom stereocenters. The molecule has 1 aliphatic rings. The van der Waals surface area contributed by atoms with Crippen LogP contribution in [-0.4, -0.2) is 21.3 Å². The van der Waals surface area contributed by atoms with Crippen LogP contribution in [0, 0.1) is 5.92 Å². The number of aryl methyl sites for hydroxylation is 2. The highest BCUT2D eigenvalue weighted by molar-refractivity contribution is 5.33. The minimum atomic E-state index is 0.437. The van der Waals surface area contributed by atoms with Crippen molar-refractivity contribution in [3.05, 3.63) is 47.5 Å². The summed E-state index contributed by atoms with van der Waals surface area (Å²) in [6, 6.07) is 9.30. The van der Waals surface area contributed by atoms with Crippen molar-refractivity contribution in [3.8, 4) is 0 Å². The van der Waals surface area contributed by atoms with Crippen LogP contribution in [0.1, 0.15) is 42.8 Å². The molecule has 0 saturated heterocycles. The van der Waals surface area contributed by atoms with Crippen molar-refractivity contribution in [2.45, 2.75) is 38.6 Å². The van der Waals surface area contributed by atoms with E-state index in [1.165, 1.54) is 24.0 Å². The molecule has 1 aromatic heterocycles. The van der Waals surface area contributed by atoms with Gasteiger partial charge in [0, 0.05) is 19.5 Å². The van der Waals surface area contributed by atoms with Gasteiger partial charge in [0.15, 0.2) is 0 Å².